The van der Waals surface area contributed by atoms with E-state index in [1.807, 2.05) is 54.3 Å². The zero-order valence-electron chi connectivity index (χ0n) is 17.2. The van der Waals surface area contributed by atoms with E-state index >= 15 is 0 Å². The maximum atomic E-state index is 12.7. The summed E-state index contributed by atoms with van der Waals surface area (Å²) in [6.45, 7) is 2.85. The van der Waals surface area contributed by atoms with Gasteiger partial charge in [0.1, 0.15) is 12.0 Å². The van der Waals surface area contributed by atoms with Crippen molar-refractivity contribution in [2.75, 3.05) is 17.3 Å². The van der Waals surface area contributed by atoms with E-state index in [4.69, 9.17) is 32.7 Å². The average molecular weight is 600 g/mol. The van der Waals surface area contributed by atoms with Crippen molar-refractivity contribution in [3.63, 3.8) is 0 Å². The van der Waals surface area contributed by atoms with Crippen molar-refractivity contribution in [3.05, 3.63) is 85.4 Å². The van der Waals surface area contributed by atoms with E-state index in [0.29, 0.717) is 40.5 Å². The highest BCUT2D eigenvalue weighted by molar-refractivity contribution is 14.1. The Labute approximate surface area is 215 Å². The molecule has 3 aromatic rings. The van der Waals surface area contributed by atoms with Crippen LogP contribution in [0.5, 0.6) is 11.5 Å². The molecule has 4 rings (SSSR count). The van der Waals surface area contributed by atoms with Crippen LogP contribution in [0.1, 0.15) is 23.4 Å². The first-order chi connectivity index (χ1) is 15.5. The second-order valence-corrected chi connectivity index (χ2v) is 10.2. The number of anilines is 1. The summed E-state index contributed by atoms with van der Waals surface area (Å²) in [4.78, 5) is 14.5. The summed E-state index contributed by atoms with van der Waals surface area (Å²) in [6.07, 6.45) is 0. The van der Waals surface area contributed by atoms with Crippen molar-refractivity contribution in [1.29, 1.82) is 0 Å². The molecule has 1 saturated heterocycles. The topological polar surface area (TPSA) is 38.8 Å². The van der Waals surface area contributed by atoms with Crippen LogP contribution in [-0.2, 0) is 11.4 Å². The molecule has 8 heteroatoms. The molecular formula is C24H20Cl2INO3S. The monoisotopic (exact) mass is 599 g/mol. The fourth-order valence-corrected chi connectivity index (χ4v) is 5.61. The van der Waals surface area contributed by atoms with Crippen LogP contribution in [0.3, 0.4) is 0 Å². The van der Waals surface area contributed by atoms with E-state index in [0.717, 1.165) is 20.4 Å². The molecule has 4 nitrogen and oxygen atoms in total. The minimum atomic E-state index is -0.151. The summed E-state index contributed by atoms with van der Waals surface area (Å²) in [5.74, 6) is 1.85. The van der Waals surface area contributed by atoms with Gasteiger partial charge in [-0.1, -0.05) is 35.3 Å². The molecule has 1 atom stereocenters. The number of benzene rings is 3. The zero-order valence-corrected chi connectivity index (χ0v) is 21.7. The van der Waals surface area contributed by atoms with Gasteiger partial charge in [-0.05, 0) is 89.2 Å². The predicted molar refractivity (Wildman–Crippen MR) is 140 cm³/mol. The first-order valence-electron chi connectivity index (χ1n) is 9.99. The van der Waals surface area contributed by atoms with Gasteiger partial charge in [0.15, 0.2) is 11.5 Å². The summed E-state index contributed by atoms with van der Waals surface area (Å²) >= 11 is 15.9. The molecule has 1 fully saturated rings. The Kier molecular flexibility index (Phi) is 7.76. The minimum Gasteiger partial charge on any atom is -0.490 e. The Morgan fingerprint density at radius 3 is 2.34 bits per heavy atom. The van der Waals surface area contributed by atoms with E-state index in [-0.39, 0.29) is 11.3 Å². The number of hydrogen-bond acceptors (Lipinski definition) is 4. The third kappa shape index (κ3) is 5.30. The van der Waals surface area contributed by atoms with Crippen LogP contribution in [-0.4, -0.2) is 18.3 Å². The first-order valence-corrected chi connectivity index (χ1v) is 12.9. The van der Waals surface area contributed by atoms with Crippen LogP contribution in [0.2, 0.25) is 10.0 Å². The predicted octanol–water partition coefficient (Wildman–Crippen LogP) is 7.35. The number of amides is 1. The van der Waals surface area contributed by atoms with Crippen LogP contribution in [0.25, 0.3) is 0 Å². The molecule has 0 bridgehead atoms. The third-order valence-corrected chi connectivity index (χ3v) is 7.40. The van der Waals surface area contributed by atoms with Gasteiger partial charge in [0.25, 0.3) is 0 Å². The Morgan fingerprint density at radius 1 is 1.03 bits per heavy atom. The molecule has 166 valence electrons. The van der Waals surface area contributed by atoms with Crippen molar-refractivity contribution >= 4 is 69.1 Å². The van der Waals surface area contributed by atoms with E-state index in [1.165, 1.54) is 0 Å². The highest BCUT2D eigenvalue weighted by atomic mass is 127. The lowest BCUT2D eigenvalue weighted by Crippen LogP contribution is -2.27. The average Bonchev–Trinajstić information content (AvgIpc) is 3.16. The number of ether oxygens (including phenoxy) is 2. The Hall–Kier alpha value is -1.61. The molecule has 0 aliphatic carbocycles. The number of hydrogen-bond donors (Lipinski definition) is 0. The van der Waals surface area contributed by atoms with Gasteiger partial charge >= 0.3 is 0 Å². The maximum absolute atomic E-state index is 12.7. The lowest BCUT2D eigenvalue weighted by atomic mass is 10.1. The van der Waals surface area contributed by atoms with Crippen LogP contribution in [0.15, 0.2) is 60.7 Å². The molecule has 1 heterocycles. The van der Waals surface area contributed by atoms with Gasteiger partial charge in [-0.2, -0.15) is 0 Å². The largest absolute Gasteiger partial charge is 0.490 e. The van der Waals surface area contributed by atoms with Crippen LogP contribution < -0.4 is 14.4 Å². The van der Waals surface area contributed by atoms with E-state index < -0.39 is 0 Å². The van der Waals surface area contributed by atoms with Gasteiger partial charge in [-0.25, -0.2) is 0 Å². The molecule has 1 aliphatic heterocycles. The van der Waals surface area contributed by atoms with Crippen LogP contribution in [0.4, 0.5) is 5.69 Å². The highest BCUT2D eigenvalue weighted by Crippen LogP contribution is 2.45. The number of rotatable bonds is 7. The van der Waals surface area contributed by atoms with Gasteiger partial charge in [-0.15, -0.1) is 11.8 Å². The standard InChI is InChI=1S/C24H20Cl2INO3S/c1-2-30-21-12-16(11-20(27)23(21)31-13-15-3-5-17(25)6-4-15)24-28(22(29)14-32-24)19-9-7-18(26)8-10-19/h3-12,24H,2,13-14H2,1H3/t24-/m1/s1. The third-order valence-electron chi connectivity index (χ3n) is 4.89. The SMILES string of the molecule is CCOc1cc([C@H]2SCC(=O)N2c2ccc(Cl)cc2)cc(I)c1OCc1ccc(Cl)cc1. The Morgan fingerprint density at radius 2 is 1.69 bits per heavy atom. The van der Waals surface area contributed by atoms with Gasteiger partial charge in [-0.3, -0.25) is 9.69 Å². The lowest BCUT2D eigenvalue weighted by Gasteiger charge is -2.25. The normalized spacial score (nSPS) is 15.8. The molecule has 1 aliphatic rings. The summed E-state index contributed by atoms with van der Waals surface area (Å²) in [5.41, 5.74) is 2.83. The second kappa shape index (κ2) is 10.5. The van der Waals surface area contributed by atoms with Gasteiger partial charge in [0, 0.05) is 15.7 Å². The van der Waals surface area contributed by atoms with E-state index in [1.54, 1.807) is 23.9 Å². The molecule has 3 aromatic carbocycles. The second-order valence-electron chi connectivity index (χ2n) is 7.08. The van der Waals surface area contributed by atoms with Crippen molar-refractivity contribution < 1.29 is 14.3 Å². The number of carbonyl (C=O) groups is 1. The summed E-state index contributed by atoms with van der Waals surface area (Å²) in [5, 5.41) is 1.18. The molecule has 0 aromatic heterocycles. The van der Waals surface area contributed by atoms with Gasteiger partial charge in [0.2, 0.25) is 5.91 Å². The lowest BCUT2D eigenvalue weighted by molar-refractivity contribution is -0.115. The molecule has 1 amide bonds. The molecule has 0 N–H and O–H groups in total. The quantitative estimate of drug-likeness (QED) is 0.266. The smallest absolute Gasteiger partial charge is 0.238 e. The molecule has 0 saturated carbocycles. The zero-order chi connectivity index (χ0) is 22.7. The minimum absolute atomic E-state index is 0.0679. The van der Waals surface area contributed by atoms with Crippen molar-refractivity contribution in [2.24, 2.45) is 0 Å². The van der Waals surface area contributed by atoms with Gasteiger partial charge < -0.3 is 9.47 Å². The summed E-state index contributed by atoms with van der Waals surface area (Å²) in [6, 6.07) is 18.9. The number of halogens is 3. The number of nitrogens with zero attached hydrogens (tertiary/aromatic N) is 1. The van der Waals surface area contributed by atoms with Crippen molar-refractivity contribution in [2.45, 2.75) is 18.9 Å². The molecular weight excluding hydrogens is 580 g/mol. The maximum Gasteiger partial charge on any atom is 0.238 e. The Balaban J connectivity index is 1.63. The summed E-state index contributed by atoms with van der Waals surface area (Å²) < 4.78 is 13.0. The van der Waals surface area contributed by atoms with Crippen molar-refractivity contribution in [3.8, 4) is 11.5 Å². The van der Waals surface area contributed by atoms with Crippen LogP contribution in [0, 0.1) is 3.57 Å². The van der Waals surface area contributed by atoms with Crippen LogP contribution >= 0.6 is 57.6 Å². The number of thioether (sulfide) groups is 1. The summed E-state index contributed by atoms with van der Waals surface area (Å²) in [7, 11) is 0. The highest BCUT2D eigenvalue weighted by Gasteiger charge is 2.35. The molecule has 32 heavy (non-hydrogen) atoms. The molecule has 0 unspecified atom stereocenters. The number of carbonyl (C=O) groups excluding carboxylic acids is 1. The van der Waals surface area contributed by atoms with Crippen molar-refractivity contribution in [1.82, 2.24) is 0 Å². The molecule has 0 radical (unpaired) electrons. The Bertz CT molecular complexity index is 1110. The van der Waals surface area contributed by atoms with Gasteiger partial charge in [0.05, 0.1) is 15.9 Å². The fourth-order valence-electron chi connectivity index (χ4n) is 3.42. The van der Waals surface area contributed by atoms with E-state index in [2.05, 4.69) is 28.7 Å². The fraction of sp³-hybridized carbons (Fsp3) is 0.208. The molecule has 0 spiro atoms. The van der Waals surface area contributed by atoms with E-state index in [9.17, 15) is 4.79 Å². The first kappa shape index (κ1) is 23.5.